The first kappa shape index (κ1) is 11.2. The summed E-state index contributed by atoms with van der Waals surface area (Å²) in [7, 11) is -2.48. The van der Waals surface area contributed by atoms with Gasteiger partial charge in [-0.1, -0.05) is 17.7 Å². The number of hydrogen-bond donors (Lipinski definition) is 1. The van der Waals surface area contributed by atoms with Gasteiger partial charge in [0.2, 0.25) is 8.03 Å². The molecule has 1 aromatic carbocycles. The Kier molecular flexibility index (Phi) is 5.01. The number of aryl methyl sites for hydroxylation is 1. The second kappa shape index (κ2) is 4.94. The highest BCUT2D eigenvalue weighted by atomic mass is 31.1. The zero-order valence-corrected chi connectivity index (χ0v) is 6.66. The molecular weight excluding hydrogens is 171 g/mol. The number of hydrogen-bond acceptors (Lipinski definition) is 1. The van der Waals surface area contributed by atoms with E-state index in [1.54, 1.807) is 12.1 Å². The summed E-state index contributed by atoms with van der Waals surface area (Å²) in [6.45, 7) is 1.94. The molecule has 1 aromatic rings. The van der Waals surface area contributed by atoms with E-state index in [1.165, 1.54) is 0 Å². The third-order valence-electron chi connectivity index (χ3n) is 1.30. The normalized spacial score (nSPS) is 11.8. The van der Waals surface area contributed by atoms with Crippen molar-refractivity contribution in [3.8, 4) is 0 Å². The maximum atomic E-state index is 10.5. The van der Waals surface area contributed by atoms with Crippen LogP contribution < -0.4 is 5.30 Å². The van der Waals surface area contributed by atoms with Crippen LogP contribution in [0.1, 0.15) is 5.56 Å². The van der Waals surface area contributed by atoms with Gasteiger partial charge < -0.3 is 4.89 Å². The van der Waals surface area contributed by atoms with Crippen LogP contribution in [0.4, 0.5) is 0 Å². The van der Waals surface area contributed by atoms with E-state index in [1.807, 2.05) is 19.1 Å². The summed E-state index contributed by atoms with van der Waals surface area (Å²) in [6.07, 6.45) is 0. The highest BCUT2D eigenvalue weighted by molar-refractivity contribution is 7.47. The molecule has 0 aliphatic carbocycles. The average molecular weight is 182 g/mol. The van der Waals surface area contributed by atoms with Crippen LogP contribution in [-0.4, -0.2) is 27.9 Å². The Hall–Kier alpha value is 0.176. The molecule has 0 bridgehead atoms. The van der Waals surface area contributed by atoms with Crippen LogP contribution in [0.25, 0.3) is 0 Å². The summed E-state index contributed by atoms with van der Waals surface area (Å²) in [5.41, 5.74) is 1.10. The Morgan fingerprint density at radius 1 is 1.27 bits per heavy atom. The van der Waals surface area contributed by atoms with Crippen LogP contribution >= 0.6 is 8.03 Å². The summed E-state index contributed by atoms with van der Waals surface area (Å²) < 4.78 is 10.5. The Morgan fingerprint density at radius 2 is 1.73 bits per heavy atom. The van der Waals surface area contributed by atoms with Crippen LogP contribution in [0, 0.1) is 6.92 Å². The van der Waals surface area contributed by atoms with Crippen LogP contribution in [-0.2, 0) is 4.57 Å². The lowest BCUT2D eigenvalue weighted by Crippen LogP contribution is -1.93. The predicted molar refractivity (Wildman–Crippen MR) is 50.6 cm³/mol. The first-order valence-corrected chi connectivity index (χ1v) is 4.35. The van der Waals surface area contributed by atoms with Crippen molar-refractivity contribution in [1.29, 1.82) is 0 Å². The van der Waals surface area contributed by atoms with Crippen molar-refractivity contribution >= 4 is 36.4 Å². The predicted octanol–water partition coefficient (Wildman–Crippen LogP) is 0.171. The molecule has 4 heteroatoms. The van der Waals surface area contributed by atoms with E-state index < -0.39 is 8.03 Å². The van der Waals surface area contributed by atoms with E-state index in [4.69, 9.17) is 4.89 Å². The molecule has 11 heavy (non-hydrogen) atoms. The molecule has 0 saturated carbocycles. The van der Waals surface area contributed by atoms with Gasteiger partial charge in [-0.05, 0) is 19.1 Å². The smallest absolute Gasteiger partial charge is 0.316 e. The van der Waals surface area contributed by atoms with Gasteiger partial charge in [0, 0.05) is 5.30 Å². The average Bonchev–Trinajstić information content (AvgIpc) is 1.88. The fourth-order valence-electron chi connectivity index (χ4n) is 0.696. The standard InChI is InChI=1S/C7H9O2P.Mg.2H/c1-6-2-4-7(5-3-6)10(8)9;;;/h2-5,10H,1H3,(H,8,9);;;. The minimum atomic E-state index is -2.48. The van der Waals surface area contributed by atoms with Crippen molar-refractivity contribution in [2.75, 3.05) is 0 Å². The maximum absolute atomic E-state index is 10.5. The van der Waals surface area contributed by atoms with Gasteiger partial charge in [-0.15, -0.1) is 0 Å². The number of rotatable bonds is 1. The SMILES string of the molecule is Cc1ccc([PH](=O)O)cc1.[MgH2]. The van der Waals surface area contributed by atoms with E-state index >= 15 is 0 Å². The number of benzene rings is 1. The van der Waals surface area contributed by atoms with Gasteiger partial charge in [0.05, 0.1) is 0 Å². The first-order chi connectivity index (χ1) is 4.70. The molecule has 58 valence electrons. The molecule has 1 atom stereocenters. The molecule has 0 spiro atoms. The molecular formula is C7H11MgO2P. The second-order valence-corrected chi connectivity index (χ2v) is 3.36. The molecule has 0 saturated heterocycles. The third-order valence-corrected chi connectivity index (χ3v) is 2.13. The summed E-state index contributed by atoms with van der Waals surface area (Å²) in [5.74, 6) is 0. The summed E-state index contributed by atoms with van der Waals surface area (Å²) in [5, 5.41) is 0.524. The monoisotopic (exact) mass is 182 g/mol. The van der Waals surface area contributed by atoms with E-state index in [-0.39, 0.29) is 23.1 Å². The molecule has 0 aromatic heterocycles. The van der Waals surface area contributed by atoms with Gasteiger partial charge in [-0.25, -0.2) is 0 Å². The molecule has 0 heterocycles. The van der Waals surface area contributed by atoms with Crippen molar-refractivity contribution in [1.82, 2.24) is 0 Å². The highest BCUT2D eigenvalue weighted by Crippen LogP contribution is 2.12. The zero-order chi connectivity index (χ0) is 7.56. The second-order valence-electron chi connectivity index (χ2n) is 2.17. The van der Waals surface area contributed by atoms with Gasteiger partial charge in [0.25, 0.3) is 0 Å². The Labute approximate surface area is 82.7 Å². The van der Waals surface area contributed by atoms with Crippen molar-refractivity contribution in [2.45, 2.75) is 6.92 Å². The fourth-order valence-corrected chi connectivity index (χ4v) is 1.15. The van der Waals surface area contributed by atoms with Gasteiger partial charge in [-0.3, -0.25) is 4.57 Å². The first-order valence-electron chi connectivity index (χ1n) is 3.00. The van der Waals surface area contributed by atoms with Crippen LogP contribution in [0.3, 0.4) is 0 Å². The molecule has 1 rings (SSSR count). The van der Waals surface area contributed by atoms with E-state index in [2.05, 4.69) is 0 Å². The zero-order valence-electron chi connectivity index (χ0n) is 5.66. The lowest BCUT2D eigenvalue weighted by Gasteiger charge is -1.94. The highest BCUT2D eigenvalue weighted by Gasteiger charge is 1.95. The van der Waals surface area contributed by atoms with Crippen LogP contribution in [0.2, 0.25) is 0 Å². The quantitative estimate of drug-likeness (QED) is 0.497. The van der Waals surface area contributed by atoms with Crippen molar-refractivity contribution in [3.05, 3.63) is 29.8 Å². The minimum Gasteiger partial charge on any atom is -0.343 e. The van der Waals surface area contributed by atoms with E-state index in [0.717, 1.165) is 5.56 Å². The third kappa shape index (κ3) is 3.39. The lowest BCUT2D eigenvalue weighted by molar-refractivity contribution is 0.513. The van der Waals surface area contributed by atoms with Crippen LogP contribution in [0.15, 0.2) is 24.3 Å². The summed E-state index contributed by atoms with van der Waals surface area (Å²) in [6, 6.07) is 7.01. The summed E-state index contributed by atoms with van der Waals surface area (Å²) in [4.78, 5) is 8.66. The molecule has 2 nitrogen and oxygen atoms in total. The van der Waals surface area contributed by atoms with Crippen molar-refractivity contribution in [3.63, 3.8) is 0 Å². The van der Waals surface area contributed by atoms with E-state index in [9.17, 15) is 4.57 Å². The molecule has 1 unspecified atom stereocenters. The molecule has 0 amide bonds. The molecule has 0 aliphatic heterocycles. The van der Waals surface area contributed by atoms with Crippen LogP contribution in [0.5, 0.6) is 0 Å². The summed E-state index contributed by atoms with van der Waals surface area (Å²) >= 11 is 0. The largest absolute Gasteiger partial charge is 0.343 e. The molecule has 0 radical (unpaired) electrons. The fraction of sp³-hybridized carbons (Fsp3) is 0.143. The van der Waals surface area contributed by atoms with Gasteiger partial charge in [0.1, 0.15) is 0 Å². The maximum Gasteiger partial charge on any atom is 0.316 e. The van der Waals surface area contributed by atoms with Gasteiger partial charge >= 0.3 is 23.1 Å². The van der Waals surface area contributed by atoms with Gasteiger partial charge in [-0.2, -0.15) is 0 Å². The Bertz CT molecular complexity index is 245. The van der Waals surface area contributed by atoms with Crippen molar-refractivity contribution < 1.29 is 9.46 Å². The molecule has 1 N–H and O–H groups in total. The van der Waals surface area contributed by atoms with Gasteiger partial charge in [0.15, 0.2) is 0 Å². The molecule has 0 fully saturated rings. The lowest BCUT2D eigenvalue weighted by atomic mass is 10.2. The topological polar surface area (TPSA) is 37.3 Å². The minimum absolute atomic E-state index is 0. The Balaban J connectivity index is 0.000001000. The Morgan fingerprint density at radius 3 is 2.09 bits per heavy atom. The van der Waals surface area contributed by atoms with E-state index in [0.29, 0.717) is 5.30 Å². The molecule has 0 aliphatic rings. The van der Waals surface area contributed by atoms with Crippen molar-refractivity contribution in [2.24, 2.45) is 0 Å².